The number of unbranched alkanes of at least 4 members (excludes halogenated alkanes) is 7. The van der Waals surface area contributed by atoms with Gasteiger partial charge in [-0.2, -0.15) is 0 Å². The molecule has 0 bridgehead atoms. The Kier molecular flexibility index (Phi) is 13.4. The lowest BCUT2D eigenvalue weighted by molar-refractivity contribution is -0.129. The van der Waals surface area contributed by atoms with Crippen LogP contribution in [0.3, 0.4) is 0 Å². The lowest BCUT2D eigenvalue weighted by atomic mass is 10.1. The van der Waals surface area contributed by atoms with Crippen molar-refractivity contribution in [3.05, 3.63) is 12.0 Å². The van der Waals surface area contributed by atoms with Gasteiger partial charge in [0.05, 0.1) is 12.8 Å². The highest BCUT2D eigenvalue weighted by Crippen LogP contribution is 2.12. The van der Waals surface area contributed by atoms with Crippen LogP contribution in [-0.2, 0) is 9.53 Å². The first-order valence-electron chi connectivity index (χ1n) is 11.0. The minimum absolute atomic E-state index is 0.196. The van der Waals surface area contributed by atoms with Crippen LogP contribution in [0.2, 0.25) is 0 Å². The van der Waals surface area contributed by atoms with E-state index in [0.29, 0.717) is 30.7 Å². The molecule has 182 valence electrons. The van der Waals surface area contributed by atoms with Gasteiger partial charge >= 0.3 is 18.2 Å². The van der Waals surface area contributed by atoms with Crippen LogP contribution < -0.4 is 21.4 Å². The number of ether oxygens (including phenoxy) is 1. The molecule has 12 heteroatoms. The number of hydrogen-bond acceptors (Lipinski definition) is 6. The summed E-state index contributed by atoms with van der Waals surface area (Å²) in [4.78, 5) is 47.3. The van der Waals surface area contributed by atoms with E-state index in [9.17, 15) is 23.6 Å². The number of nitrogens with zero attached hydrogens (tertiary/aromatic N) is 1. The average molecular weight is 460 g/mol. The minimum atomic E-state index is -1.39. The molecule has 6 amide bonds. The van der Waals surface area contributed by atoms with Crippen molar-refractivity contribution in [3.63, 3.8) is 0 Å². The molecule has 0 aliphatic carbocycles. The van der Waals surface area contributed by atoms with Crippen molar-refractivity contribution < 1.29 is 33.5 Å². The molecule has 0 aromatic heterocycles. The first-order valence-corrected chi connectivity index (χ1v) is 11.0. The predicted octanol–water partition coefficient (Wildman–Crippen LogP) is 3.01. The van der Waals surface area contributed by atoms with E-state index in [0.717, 1.165) is 44.7 Å². The second kappa shape index (κ2) is 15.8. The van der Waals surface area contributed by atoms with E-state index in [-0.39, 0.29) is 13.0 Å². The zero-order valence-electron chi connectivity index (χ0n) is 18.5. The van der Waals surface area contributed by atoms with Crippen LogP contribution in [0.25, 0.3) is 0 Å². The lowest BCUT2D eigenvalue weighted by Crippen LogP contribution is -2.57. The maximum atomic E-state index is 14.2. The smallest absolute Gasteiger partial charge is 0.409 e. The van der Waals surface area contributed by atoms with Gasteiger partial charge in [-0.05, 0) is 19.3 Å². The largest absolute Gasteiger partial charge is 0.450 e. The molecule has 0 radical (unpaired) electrons. The highest BCUT2D eigenvalue weighted by Gasteiger charge is 2.32. The normalized spacial score (nSPS) is 15.5. The molecular formula is C20H34FN5O6. The molecule has 1 rings (SSSR count). The molecule has 0 aromatic carbocycles. The van der Waals surface area contributed by atoms with Gasteiger partial charge in [-0.15, -0.1) is 0 Å². The number of hydroxylamine groups is 1. The van der Waals surface area contributed by atoms with Crippen LogP contribution in [0, 0.1) is 0 Å². The summed E-state index contributed by atoms with van der Waals surface area (Å²) in [7, 11) is 0. The van der Waals surface area contributed by atoms with Crippen molar-refractivity contribution in [1.82, 2.24) is 26.3 Å². The number of hydrogen-bond donors (Lipinski definition) is 5. The fourth-order valence-electron chi connectivity index (χ4n) is 2.90. The summed E-state index contributed by atoms with van der Waals surface area (Å²) in [6, 6.07) is -1.64. The third-order valence-electron chi connectivity index (χ3n) is 4.71. The Bertz CT molecular complexity index is 660. The van der Waals surface area contributed by atoms with Crippen molar-refractivity contribution in [3.8, 4) is 0 Å². The lowest BCUT2D eigenvalue weighted by Gasteiger charge is -2.27. The van der Waals surface area contributed by atoms with E-state index in [2.05, 4.69) is 16.0 Å². The first kappa shape index (κ1) is 27.1. The summed E-state index contributed by atoms with van der Waals surface area (Å²) in [5.41, 5.74) is 1.59. The highest BCUT2D eigenvalue weighted by molar-refractivity contribution is 5.96. The third-order valence-corrected chi connectivity index (χ3v) is 4.71. The monoisotopic (exact) mass is 459 g/mol. The average Bonchev–Trinajstić information content (AvgIpc) is 2.77. The molecule has 0 fully saturated rings. The van der Waals surface area contributed by atoms with E-state index in [1.54, 1.807) is 5.48 Å². The van der Waals surface area contributed by atoms with Gasteiger partial charge < -0.3 is 15.4 Å². The molecule has 0 aromatic rings. The summed E-state index contributed by atoms with van der Waals surface area (Å²) < 4.78 is 19.1. The Balaban J connectivity index is 2.25. The van der Waals surface area contributed by atoms with Gasteiger partial charge in [-0.3, -0.25) is 15.3 Å². The Hall–Kier alpha value is -2.89. The van der Waals surface area contributed by atoms with E-state index in [4.69, 9.17) is 9.94 Å². The van der Waals surface area contributed by atoms with Crippen molar-refractivity contribution in [1.29, 1.82) is 0 Å². The van der Waals surface area contributed by atoms with E-state index >= 15 is 0 Å². The fraction of sp³-hybridized carbons (Fsp3) is 0.700. The van der Waals surface area contributed by atoms with Crippen molar-refractivity contribution in [2.75, 3.05) is 13.2 Å². The second-order valence-corrected chi connectivity index (χ2v) is 7.39. The second-order valence-electron chi connectivity index (χ2n) is 7.39. The number of amides is 6. The molecule has 1 aliphatic heterocycles. The molecule has 1 aliphatic rings. The van der Waals surface area contributed by atoms with Gasteiger partial charge in [0.25, 0.3) is 0 Å². The maximum Gasteiger partial charge on any atom is 0.409 e. The molecule has 0 saturated carbocycles. The summed E-state index contributed by atoms with van der Waals surface area (Å²) in [5.74, 6) is -1.30. The quantitative estimate of drug-likeness (QED) is 0.153. The van der Waals surface area contributed by atoms with Crippen LogP contribution in [0.15, 0.2) is 12.0 Å². The van der Waals surface area contributed by atoms with E-state index in [1.165, 1.54) is 0 Å². The summed E-state index contributed by atoms with van der Waals surface area (Å²) in [6.07, 6.45) is 6.23. The number of carbonyl (C=O) groups excluding carboxylic acids is 4. The minimum Gasteiger partial charge on any atom is -0.450 e. The van der Waals surface area contributed by atoms with Crippen LogP contribution >= 0.6 is 0 Å². The van der Waals surface area contributed by atoms with Crippen LogP contribution in [0.5, 0.6) is 0 Å². The van der Waals surface area contributed by atoms with Gasteiger partial charge in [0, 0.05) is 13.0 Å². The van der Waals surface area contributed by atoms with Crippen molar-refractivity contribution in [2.45, 2.75) is 77.3 Å². The van der Waals surface area contributed by atoms with Crippen molar-refractivity contribution >= 4 is 24.1 Å². The van der Waals surface area contributed by atoms with E-state index in [1.807, 2.05) is 6.92 Å². The number of halogens is 1. The first-order chi connectivity index (χ1) is 15.4. The van der Waals surface area contributed by atoms with Crippen LogP contribution in [0.1, 0.15) is 71.1 Å². The van der Waals surface area contributed by atoms with Gasteiger partial charge in [-0.1, -0.05) is 45.4 Å². The van der Waals surface area contributed by atoms with E-state index < -0.39 is 36.1 Å². The molecule has 11 nitrogen and oxygen atoms in total. The number of alkyl carbamates (subject to hydrolysis) is 1. The van der Waals surface area contributed by atoms with Crippen LogP contribution in [-0.4, -0.2) is 53.5 Å². The fourth-order valence-corrected chi connectivity index (χ4v) is 2.90. The number of urea groups is 2. The molecule has 32 heavy (non-hydrogen) atoms. The molecule has 5 N–H and O–H groups in total. The predicted molar refractivity (Wildman–Crippen MR) is 113 cm³/mol. The van der Waals surface area contributed by atoms with Gasteiger partial charge in [0.2, 0.25) is 5.91 Å². The summed E-state index contributed by atoms with van der Waals surface area (Å²) in [5, 5.41) is 15.3. The zero-order valence-corrected chi connectivity index (χ0v) is 18.5. The third kappa shape index (κ3) is 10.9. The number of carbonyl (C=O) groups is 4. The number of imide groups is 1. The Morgan fingerprint density at radius 1 is 1.12 bits per heavy atom. The zero-order chi connectivity index (χ0) is 23.8. The molecule has 1 unspecified atom stereocenters. The van der Waals surface area contributed by atoms with Gasteiger partial charge in [-0.25, -0.2) is 29.2 Å². The maximum absolute atomic E-state index is 14.2. The van der Waals surface area contributed by atoms with Gasteiger partial charge in [0.15, 0.2) is 12.0 Å². The molecule has 0 saturated heterocycles. The number of nitrogens with one attached hydrogen (secondary N) is 4. The van der Waals surface area contributed by atoms with Crippen molar-refractivity contribution in [2.24, 2.45) is 0 Å². The van der Waals surface area contributed by atoms with Crippen LogP contribution in [0.4, 0.5) is 18.8 Å². The molecule has 0 spiro atoms. The SMILES string of the molecule is CCCCCOC(=O)NC1NC(=O)N(C(=O)NCCCCCCCCC(=O)NO)C=C1F. The molecule has 1 atom stereocenters. The molecular weight excluding hydrogens is 425 g/mol. The summed E-state index contributed by atoms with van der Waals surface area (Å²) >= 11 is 0. The standard InChI is InChI=1S/C20H34FN5O6/c1-2-3-10-13-32-20(30)24-17-15(21)14-26(19(29)23-17)18(28)22-12-9-7-5-4-6-8-11-16(27)25-31/h14,17,31H,2-13H2,1H3,(H,22,28)(H,23,29)(H,24,30)(H,25,27). The topological polar surface area (TPSA) is 149 Å². The highest BCUT2D eigenvalue weighted by atomic mass is 19.1. The Labute approximate surface area is 187 Å². The molecule has 1 heterocycles. The number of rotatable bonds is 14. The summed E-state index contributed by atoms with van der Waals surface area (Å²) in [6.45, 7) is 2.52. The van der Waals surface area contributed by atoms with Gasteiger partial charge in [0.1, 0.15) is 0 Å². The Morgan fingerprint density at radius 2 is 1.81 bits per heavy atom. The Morgan fingerprint density at radius 3 is 2.50 bits per heavy atom.